The second kappa shape index (κ2) is 12.9. The molecule has 0 aliphatic carbocycles. The monoisotopic (exact) mass is 618 g/mol. The van der Waals surface area contributed by atoms with E-state index in [1.54, 1.807) is 51.6 Å². The summed E-state index contributed by atoms with van der Waals surface area (Å²) in [5, 5.41) is 0.354. The van der Waals surface area contributed by atoms with Crippen LogP contribution in [0.2, 0.25) is 0 Å². The van der Waals surface area contributed by atoms with Crippen molar-refractivity contribution >= 4 is 38.5 Å². The summed E-state index contributed by atoms with van der Waals surface area (Å²) in [7, 11) is -2.15. The number of carbonyl (C=O) groups excluding carboxylic acids is 1. The number of rotatable bonds is 9. The molecule has 0 saturated carbocycles. The number of ether oxygens (including phenoxy) is 2. The maximum atomic E-state index is 15.5. The number of amides is 1. The minimum absolute atomic E-state index is 0.0934. The van der Waals surface area contributed by atoms with E-state index in [0.29, 0.717) is 53.8 Å². The Labute approximate surface area is 251 Å². The van der Waals surface area contributed by atoms with Gasteiger partial charge in [0, 0.05) is 37.4 Å². The van der Waals surface area contributed by atoms with Crippen LogP contribution in [0.15, 0.2) is 41.5 Å². The Morgan fingerprint density at radius 3 is 2.49 bits per heavy atom. The standard InChI is InChI=1S/C30H39FN4O7S/c1-20-16-23(40-5)18-26(27(20)31)34(12-7-15-41-43(6,38)39)22-8-9-25-24(17-22)28(36)35(19-32-25)21-10-13-33(14-11-21)29(37)42-30(2,3)4/h8-9,16-19,21H,7,10-15H2,1-6H3. The zero-order valence-corrected chi connectivity index (χ0v) is 26.2. The molecule has 1 amide bonds. The summed E-state index contributed by atoms with van der Waals surface area (Å²) in [5.74, 6) is -0.0147. The number of piperidine rings is 1. The highest BCUT2D eigenvalue weighted by Crippen LogP contribution is 2.34. The lowest BCUT2D eigenvalue weighted by atomic mass is 10.0. The smallest absolute Gasteiger partial charge is 0.410 e. The summed E-state index contributed by atoms with van der Waals surface area (Å²) in [4.78, 5) is 34.1. The van der Waals surface area contributed by atoms with E-state index >= 15 is 4.39 Å². The molecule has 0 N–H and O–H groups in total. The lowest BCUT2D eigenvalue weighted by Crippen LogP contribution is -2.43. The van der Waals surface area contributed by atoms with Crippen LogP contribution in [0, 0.1) is 12.7 Å². The van der Waals surface area contributed by atoms with Crippen LogP contribution in [-0.2, 0) is 19.0 Å². The molecule has 1 fully saturated rings. The molecule has 0 unspecified atom stereocenters. The van der Waals surface area contributed by atoms with Crippen molar-refractivity contribution in [2.45, 2.75) is 58.6 Å². The normalized spacial score (nSPS) is 14.6. The van der Waals surface area contributed by atoms with Crippen molar-refractivity contribution in [1.82, 2.24) is 14.5 Å². The average molecular weight is 619 g/mol. The number of fused-ring (bicyclic) bond motifs is 1. The van der Waals surface area contributed by atoms with Crippen LogP contribution >= 0.6 is 0 Å². The highest BCUT2D eigenvalue weighted by Gasteiger charge is 2.28. The third kappa shape index (κ3) is 8.02. The van der Waals surface area contributed by atoms with Crippen LogP contribution in [0.1, 0.15) is 51.6 Å². The van der Waals surface area contributed by atoms with Gasteiger partial charge in [-0.3, -0.25) is 13.5 Å². The number of methoxy groups -OCH3 is 1. The fourth-order valence-electron chi connectivity index (χ4n) is 5.06. The lowest BCUT2D eigenvalue weighted by Gasteiger charge is -2.34. The molecule has 0 radical (unpaired) electrons. The molecule has 11 nitrogen and oxygen atoms in total. The summed E-state index contributed by atoms with van der Waals surface area (Å²) < 4.78 is 55.8. The van der Waals surface area contributed by atoms with Crippen molar-refractivity contribution in [3.8, 4) is 5.75 Å². The molecule has 4 rings (SSSR count). The van der Waals surface area contributed by atoms with Crippen LogP contribution in [0.4, 0.5) is 20.6 Å². The lowest BCUT2D eigenvalue weighted by molar-refractivity contribution is 0.0187. The van der Waals surface area contributed by atoms with Crippen LogP contribution < -0.4 is 15.2 Å². The Hall–Kier alpha value is -3.71. The molecule has 3 aromatic rings. The highest BCUT2D eigenvalue weighted by molar-refractivity contribution is 7.85. The number of nitrogens with zero attached hydrogens (tertiary/aromatic N) is 4. The number of carbonyl (C=O) groups is 1. The number of aromatic nitrogens is 2. The first-order valence-corrected chi connectivity index (χ1v) is 15.9. The predicted octanol–water partition coefficient (Wildman–Crippen LogP) is 4.93. The number of anilines is 2. The number of benzene rings is 2. The van der Waals surface area contributed by atoms with Crippen molar-refractivity contribution in [1.29, 1.82) is 0 Å². The molecule has 0 bridgehead atoms. The zero-order chi connectivity index (χ0) is 31.5. The molecule has 1 aromatic heterocycles. The number of likely N-dealkylation sites (tertiary alicyclic amines) is 1. The van der Waals surface area contributed by atoms with Crippen molar-refractivity contribution in [3.63, 3.8) is 0 Å². The molecule has 2 heterocycles. The maximum Gasteiger partial charge on any atom is 0.410 e. The van der Waals surface area contributed by atoms with Crippen molar-refractivity contribution in [2.24, 2.45) is 0 Å². The Bertz CT molecular complexity index is 1640. The third-order valence-electron chi connectivity index (χ3n) is 7.15. The predicted molar refractivity (Wildman–Crippen MR) is 162 cm³/mol. The van der Waals surface area contributed by atoms with E-state index < -0.39 is 21.5 Å². The Kier molecular flexibility index (Phi) is 9.65. The molecule has 0 atom stereocenters. The molecule has 234 valence electrons. The summed E-state index contributed by atoms with van der Waals surface area (Å²) in [6.45, 7) is 8.08. The third-order valence-corrected chi connectivity index (χ3v) is 7.74. The number of aryl methyl sites for hydroxylation is 1. The molecule has 1 aliphatic rings. The molecule has 43 heavy (non-hydrogen) atoms. The van der Waals surface area contributed by atoms with Crippen molar-refractivity contribution < 1.29 is 31.3 Å². The SMILES string of the molecule is COc1cc(C)c(F)c(N(CCCOS(C)(=O)=O)c2ccc3ncn(C4CCN(C(=O)OC(C)(C)C)CC4)c(=O)c3c2)c1. The first-order valence-electron chi connectivity index (χ1n) is 14.1. The van der Waals surface area contributed by atoms with Crippen LogP contribution in [-0.4, -0.2) is 74.2 Å². The van der Waals surface area contributed by atoms with Crippen LogP contribution in [0.3, 0.4) is 0 Å². The minimum atomic E-state index is -3.64. The van der Waals surface area contributed by atoms with Gasteiger partial charge in [-0.1, -0.05) is 0 Å². The summed E-state index contributed by atoms with van der Waals surface area (Å²) in [5.41, 5.74) is 0.758. The largest absolute Gasteiger partial charge is 0.497 e. The van der Waals surface area contributed by atoms with E-state index in [0.717, 1.165) is 6.26 Å². The van der Waals surface area contributed by atoms with E-state index in [1.807, 2.05) is 20.8 Å². The second-order valence-corrected chi connectivity index (χ2v) is 13.3. The van der Waals surface area contributed by atoms with E-state index in [9.17, 15) is 18.0 Å². The minimum Gasteiger partial charge on any atom is -0.497 e. The molecule has 2 aromatic carbocycles. The summed E-state index contributed by atoms with van der Waals surface area (Å²) in [6.07, 6.45) is 3.51. The van der Waals surface area contributed by atoms with Crippen molar-refractivity contribution in [2.75, 3.05) is 44.5 Å². The fourth-order valence-corrected chi connectivity index (χ4v) is 5.48. The molecule has 1 saturated heterocycles. The van der Waals surface area contributed by atoms with Crippen molar-refractivity contribution in [3.05, 3.63) is 58.4 Å². The van der Waals surface area contributed by atoms with Crippen LogP contribution in [0.5, 0.6) is 5.75 Å². The quantitative estimate of drug-likeness (QED) is 0.243. The fraction of sp³-hybridized carbons (Fsp3) is 0.500. The van der Waals surface area contributed by atoms with E-state index in [2.05, 4.69) is 4.98 Å². The topological polar surface area (TPSA) is 120 Å². The number of halogens is 1. The second-order valence-electron chi connectivity index (χ2n) is 11.7. The van der Waals surface area contributed by atoms with E-state index in [1.165, 1.54) is 13.4 Å². The van der Waals surface area contributed by atoms with Gasteiger partial charge in [0.25, 0.3) is 15.7 Å². The van der Waals surface area contributed by atoms with Gasteiger partial charge in [0.05, 0.1) is 42.9 Å². The van der Waals surface area contributed by atoms with Gasteiger partial charge < -0.3 is 19.3 Å². The maximum absolute atomic E-state index is 15.5. The molecular formula is C30H39FN4O7S. The van der Waals surface area contributed by atoms with Gasteiger partial charge >= 0.3 is 6.09 Å². The molecular weight excluding hydrogens is 579 g/mol. The Balaban J connectivity index is 1.65. The highest BCUT2D eigenvalue weighted by atomic mass is 32.2. The average Bonchev–Trinajstić information content (AvgIpc) is 2.93. The first kappa shape index (κ1) is 32.2. The zero-order valence-electron chi connectivity index (χ0n) is 25.4. The molecule has 0 spiro atoms. The van der Waals surface area contributed by atoms with Gasteiger partial charge in [0.1, 0.15) is 17.2 Å². The van der Waals surface area contributed by atoms with Gasteiger partial charge in [-0.2, -0.15) is 8.42 Å². The summed E-state index contributed by atoms with van der Waals surface area (Å²) >= 11 is 0. The summed E-state index contributed by atoms with van der Waals surface area (Å²) in [6, 6.07) is 8.10. The first-order chi connectivity index (χ1) is 20.2. The van der Waals surface area contributed by atoms with Gasteiger partial charge in [0.2, 0.25) is 0 Å². The van der Waals surface area contributed by atoms with E-state index in [-0.39, 0.29) is 43.0 Å². The Morgan fingerprint density at radius 1 is 1.16 bits per heavy atom. The van der Waals surface area contributed by atoms with Crippen LogP contribution in [0.25, 0.3) is 10.9 Å². The Morgan fingerprint density at radius 2 is 1.86 bits per heavy atom. The van der Waals surface area contributed by atoms with Gasteiger partial charge in [-0.15, -0.1) is 0 Å². The van der Waals surface area contributed by atoms with Gasteiger partial charge in [-0.25, -0.2) is 14.2 Å². The number of hydrogen-bond acceptors (Lipinski definition) is 9. The van der Waals surface area contributed by atoms with E-state index in [4.69, 9.17) is 13.7 Å². The molecule has 13 heteroatoms. The number of hydrogen-bond donors (Lipinski definition) is 0. The van der Waals surface area contributed by atoms with Gasteiger partial charge in [0.15, 0.2) is 0 Å². The molecule has 1 aliphatic heterocycles. The van der Waals surface area contributed by atoms with Gasteiger partial charge in [-0.05, 0) is 76.8 Å².